The highest BCUT2D eigenvalue weighted by Crippen LogP contribution is 2.36. The zero-order valence-electron chi connectivity index (χ0n) is 16.3. The summed E-state index contributed by atoms with van der Waals surface area (Å²) in [4.78, 5) is 12.4. The predicted octanol–water partition coefficient (Wildman–Crippen LogP) is 4.42. The first-order chi connectivity index (χ1) is 13.9. The van der Waals surface area contributed by atoms with E-state index >= 15 is 0 Å². The van der Waals surface area contributed by atoms with Crippen molar-refractivity contribution in [1.29, 1.82) is 0 Å². The molecule has 166 valence electrons. The van der Waals surface area contributed by atoms with Crippen LogP contribution in [0.15, 0.2) is 24.3 Å². The van der Waals surface area contributed by atoms with E-state index in [1.165, 1.54) is 7.11 Å². The van der Waals surface area contributed by atoms with Crippen LogP contribution < -0.4 is 0 Å². The molecule has 0 saturated carbocycles. The van der Waals surface area contributed by atoms with E-state index in [2.05, 4.69) is 9.84 Å². The molecule has 2 aromatic rings. The first-order valence-electron chi connectivity index (χ1n) is 8.94. The maximum atomic E-state index is 12.4. The Morgan fingerprint density at radius 2 is 1.63 bits per heavy atom. The van der Waals surface area contributed by atoms with Crippen LogP contribution in [-0.2, 0) is 41.6 Å². The normalized spacial score (nSPS) is 14.5. The minimum absolute atomic E-state index is 0.0825. The number of methoxy groups -OCH3 is 1. The topological polar surface area (TPSA) is 47.4 Å². The van der Waals surface area contributed by atoms with Gasteiger partial charge in [0.15, 0.2) is 0 Å². The van der Waals surface area contributed by atoms with Gasteiger partial charge in [-0.3, -0.25) is 9.48 Å². The van der Waals surface area contributed by atoms with E-state index in [0.29, 0.717) is 18.7 Å². The van der Waals surface area contributed by atoms with Gasteiger partial charge in [-0.25, -0.2) is 0 Å². The summed E-state index contributed by atoms with van der Waals surface area (Å²) in [6.07, 6.45) is -7.72. The number of nitrogens with zero attached hydrogens (tertiary/aromatic N) is 3. The lowest BCUT2D eigenvalue weighted by Gasteiger charge is -2.13. The molecule has 0 fully saturated rings. The van der Waals surface area contributed by atoms with Gasteiger partial charge in [-0.1, -0.05) is 0 Å². The lowest BCUT2D eigenvalue weighted by molar-refractivity contribution is -0.143. The smallest absolute Gasteiger partial charge is 0.380 e. The summed E-state index contributed by atoms with van der Waals surface area (Å²) >= 11 is 0. The van der Waals surface area contributed by atoms with Gasteiger partial charge in [-0.2, -0.15) is 31.4 Å². The molecule has 2 heterocycles. The molecule has 1 aromatic heterocycles. The fraction of sp³-hybridized carbons (Fsp3) is 0.474. The molecule has 3 rings (SSSR count). The van der Waals surface area contributed by atoms with Gasteiger partial charge in [-0.05, 0) is 43.2 Å². The van der Waals surface area contributed by atoms with Gasteiger partial charge in [0.2, 0.25) is 6.41 Å². The van der Waals surface area contributed by atoms with Crippen LogP contribution in [0.25, 0.3) is 0 Å². The number of carbonyl (C=O) groups excluding carboxylic acids is 1. The van der Waals surface area contributed by atoms with Crippen molar-refractivity contribution in [2.75, 3.05) is 13.7 Å². The SMILES string of the molecule is COCc1cc(C(F)(F)F)cc(C(F)(F)F)c1.Cc1cc2n(n1)CCCN(C=O)C2. The van der Waals surface area contributed by atoms with Crippen LogP contribution in [0.4, 0.5) is 26.3 Å². The van der Waals surface area contributed by atoms with Gasteiger partial charge in [0, 0.05) is 20.2 Å². The maximum absolute atomic E-state index is 12.4. The Bertz CT molecular complexity index is 829. The quantitative estimate of drug-likeness (QED) is 0.528. The standard InChI is InChI=1S/C10H8F6O.C9H13N3O/c1-17-5-6-2-7(9(11,12)13)4-8(3-6)10(14,15)16;1-8-5-9-6-11(7-13)3-2-4-12(9)10-8/h2-4H,5H2,1H3;5,7H,2-4,6H2,1H3. The molecule has 30 heavy (non-hydrogen) atoms. The molecule has 1 aliphatic heterocycles. The second kappa shape index (κ2) is 9.50. The number of benzene rings is 1. The monoisotopic (exact) mass is 437 g/mol. The van der Waals surface area contributed by atoms with Crippen molar-refractivity contribution in [3.8, 4) is 0 Å². The van der Waals surface area contributed by atoms with E-state index in [-0.39, 0.29) is 18.2 Å². The summed E-state index contributed by atoms with van der Waals surface area (Å²) in [6.45, 7) is 4.13. The molecule has 0 bridgehead atoms. The molecule has 0 aliphatic carbocycles. The molecule has 0 radical (unpaired) electrons. The number of carbonyl (C=O) groups is 1. The van der Waals surface area contributed by atoms with Crippen LogP contribution in [-0.4, -0.2) is 34.7 Å². The number of rotatable bonds is 3. The number of hydrogen-bond acceptors (Lipinski definition) is 3. The third kappa shape index (κ3) is 6.48. The first kappa shape index (κ1) is 23.7. The van der Waals surface area contributed by atoms with Gasteiger partial charge >= 0.3 is 12.4 Å². The number of aryl methyl sites for hydroxylation is 2. The molecule has 0 unspecified atom stereocenters. The lowest BCUT2D eigenvalue weighted by Crippen LogP contribution is -2.20. The molecule has 0 N–H and O–H groups in total. The van der Waals surface area contributed by atoms with Crippen molar-refractivity contribution < 1.29 is 35.9 Å². The number of hydrogen-bond donors (Lipinski definition) is 0. The van der Waals surface area contributed by atoms with Gasteiger partial charge in [0.05, 0.1) is 35.7 Å². The molecule has 5 nitrogen and oxygen atoms in total. The minimum Gasteiger partial charge on any atom is -0.380 e. The van der Waals surface area contributed by atoms with E-state index in [0.717, 1.165) is 37.3 Å². The highest BCUT2D eigenvalue weighted by atomic mass is 19.4. The van der Waals surface area contributed by atoms with Gasteiger partial charge in [0.1, 0.15) is 0 Å². The second-order valence-electron chi connectivity index (χ2n) is 6.78. The predicted molar refractivity (Wildman–Crippen MR) is 95.2 cm³/mol. The summed E-state index contributed by atoms with van der Waals surface area (Å²) in [7, 11) is 1.19. The molecule has 0 saturated heterocycles. The van der Waals surface area contributed by atoms with Crippen molar-refractivity contribution in [1.82, 2.24) is 14.7 Å². The molecule has 0 spiro atoms. The second-order valence-corrected chi connectivity index (χ2v) is 6.78. The van der Waals surface area contributed by atoms with Crippen molar-refractivity contribution in [3.05, 3.63) is 52.3 Å². The first-order valence-corrected chi connectivity index (χ1v) is 8.94. The number of alkyl halides is 6. The number of ether oxygens (including phenoxy) is 1. The molecular formula is C19H21F6N3O2. The Labute approximate surface area is 169 Å². The van der Waals surface area contributed by atoms with Crippen molar-refractivity contribution in [2.24, 2.45) is 0 Å². The zero-order valence-corrected chi connectivity index (χ0v) is 16.3. The summed E-state index contributed by atoms with van der Waals surface area (Å²) < 4.78 is 80.7. The van der Waals surface area contributed by atoms with Crippen molar-refractivity contribution in [2.45, 2.75) is 45.4 Å². The minimum atomic E-state index is -4.82. The van der Waals surface area contributed by atoms with Crippen molar-refractivity contribution in [3.63, 3.8) is 0 Å². The average Bonchev–Trinajstić information content (AvgIpc) is 2.87. The third-order valence-electron chi connectivity index (χ3n) is 4.27. The fourth-order valence-corrected chi connectivity index (χ4v) is 2.99. The van der Waals surface area contributed by atoms with Gasteiger partial charge in [0.25, 0.3) is 0 Å². The van der Waals surface area contributed by atoms with Gasteiger partial charge < -0.3 is 9.64 Å². The van der Waals surface area contributed by atoms with Crippen LogP contribution in [0.3, 0.4) is 0 Å². The molecule has 1 aliphatic rings. The van der Waals surface area contributed by atoms with Crippen LogP contribution in [0.2, 0.25) is 0 Å². The maximum Gasteiger partial charge on any atom is 0.416 e. The Balaban J connectivity index is 0.000000220. The molecule has 11 heteroatoms. The highest BCUT2D eigenvalue weighted by Gasteiger charge is 2.36. The van der Waals surface area contributed by atoms with E-state index in [1.54, 1.807) is 4.90 Å². The van der Waals surface area contributed by atoms with Crippen LogP contribution in [0, 0.1) is 6.92 Å². The summed E-state index contributed by atoms with van der Waals surface area (Å²) in [5.41, 5.74) is -0.668. The number of halogens is 6. The van der Waals surface area contributed by atoms with E-state index in [9.17, 15) is 31.1 Å². The number of fused-ring (bicyclic) bond motifs is 1. The largest absolute Gasteiger partial charge is 0.416 e. The van der Waals surface area contributed by atoms with Crippen molar-refractivity contribution >= 4 is 6.41 Å². The Kier molecular flexibility index (Phi) is 7.51. The molecule has 1 aromatic carbocycles. The van der Waals surface area contributed by atoms with E-state index in [1.807, 2.05) is 17.7 Å². The highest BCUT2D eigenvalue weighted by molar-refractivity contribution is 5.47. The summed E-state index contributed by atoms with van der Waals surface area (Å²) in [5.74, 6) is 0. The third-order valence-corrected chi connectivity index (χ3v) is 4.27. The molecule has 1 amide bonds. The van der Waals surface area contributed by atoms with Crippen LogP contribution in [0.5, 0.6) is 0 Å². The lowest BCUT2D eigenvalue weighted by atomic mass is 10.1. The van der Waals surface area contributed by atoms with Crippen LogP contribution >= 0.6 is 0 Å². The summed E-state index contributed by atoms with van der Waals surface area (Å²) in [6, 6.07) is 3.40. The Morgan fingerprint density at radius 3 is 2.13 bits per heavy atom. The van der Waals surface area contributed by atoms with E-state index in [4.69, 9.17) is 0 Å². The molecule has 0 atom stereocenters. The molecular weight excluding hydrogens is 416 g/mol. The fourth-order valence-electron chi connectivity index (χ4n) is 2.99. The number of aromatic nitrogens is 2. The van der Waals surface area contributed by atoms with Crippen LogP contribution in [0.1, 0.15) is 34.5 Å². The number of amides is 1. The Hall–Kier alpha value is -2.56. The zero-order chi connectivity index (χ0) is 22.5. The summed E-state index contributed by atoms with van der Waals surface area (Å²) in [5, 5.41) is 4.35. The Morgan fingerprint density at radius 1 is 1.03 bits per heavy atom. The van der Waals surface area contributed by atoms with E-state index < -0.39 is 23.5 Å². The average molecular weight is 437 g/mol. The van der Waals surface area contributed by atoms with Gasteiger partial charge in [-0.15, -0.1) is 0 Å².